The van der Waals surface area contributed by atoms with Gasteiger partial charge in [-0.1, -0.05) is 20.3 Å². The van der Waals surface area contributed by atoms with Crippen LogP contribution in [0.1, 0.15) is 33.1 Å². The molecule has 1 saturated heterocycles. The monoisotopic (exact) mass is 170 g/mol. The third-order valence-electron chi connectivity index (χ3n) is 2.88. The summed E-state index contributed by atoms with van der Waals surface area (Å²) >= 11 is 0. The standard InChI is InChI=1S/C10H22N2/c1-4-6-9-8-12(3)10(5-2)7-11-9/h9-11H,4-8H2,1-3H3. The van der Waals surface area contributed by atoms with Gasteiger partial charge in [-0.2, -0.15) is 0 Å². The molecule has 1 heterocycles. The van der Waals surface area contributed by atoms with Crippen molar-refractivity contribution in [2.45, 2.75) is 45.2 Å². The summed E-state index contributed by atoms with van der Waals surface area (Å²) in [5.74, 6) is 0. The molecule has 1 N–H and O–H groups in total. The van der Waals surface area contributed by atoms with E-state index < -0.39 is 0 Å². The van der Waals surface area contributed by atoms with E-state index in [9.17, 15) is 0 Å². The summed E-state index contributed by atoms with van der Waals surface area (Å²) < 4.78 is 0. The molecule has 1 rings (SSSR count). The summed E-state index contributed by atoms with van der Waals surface area (Å²) in [4.78, 5) is 2.50. The van der Waals surface area contributed by atoms with Gasteiger partial charge in [-0.25, -0.2) is 0 Å². The summed E-state index contributed by atoms with van der Waals surface area (Å²) in [6, 6.07) is 1.50. The predicted octanol–water partition coefficient (Wildman–Crippen LogP) is 1.47. The lowest BCUT2D eigenvalue weighted by molar-refractivity contribution is 0.155. The third kappa shape index (κ3) is 2.46. The van der Waals surface area contributed by atoms with Crippen LogP contribution in [0, 0.1) is 0 Å². The van der Waals surface area contributed by atoms with E-state index in [0.717, 1.165) is 12.1 Å². The fourth-order valence-corrected chi connectivity index (χ4v) is 2.02. The Morgan fingerprint density at radius 2 is 2.17 bits per heavy atom. The second kappa shape index (κ2) is 4.83. The largest absolute Gasteiger partial charge is 0.311 e. The minimum Gasteiger partial charge on any atom is -0.311 e. The number of piperazine rings is 1. The second-order valence-corrected chi connectivity index (χ2v) is 3.90. The topological polar surface area (TPSA) is 15.3 Å². The van der Waals surface area contributed by atoms with Gasteiger partial charge >= 0.3 is 0 Å². The van der Waals surface area contributed by atoms with Crippen LogP contribution in [-0.2, 0) is 0 Å². The van der Waals surface area contributed by atoms with E-state index in [1.165, 1.54) is 32.4 Å². The molecule has 0 aromatic carbocycles. The SMILES string of the molecule is CCCC1CN(C)C(CC)CN1. The van der Waals surface area contributed by atoms with E-state index in [-0.39, 0.29) is 0 Å². The first kappa shape index (κ1) is 10.0. The van der Waals surface area contributed by atoms with Crippen LogP contribution in [0.3, 0.4) is 0 Å². The Labute approximate surface area is 76.3 Å². The fraction of sp³-hybridized carbons (Fsp3) is 1.00. The number of likely N-dealkylation sites (N-methyl/N-ethyl adjacent to an activating group) is 1. The zero-order valence-corrected chi connectivity index (χ0v) is 8.64. The number of nitrogens with zero attached hydrogens (tertiary/aromatic N) is 1. The molecule has 1 aliphatic heterocycles. The minimum absolute atomic E-state index is 0.739. The number of rotatable bonds is 3. The Balaban J connectivity index is 2.30. The zero-order valence-electron chi connectivity index (χ0n) is 8.64. The third-order valence-corrected chi connectivity index (χ3v) is 2.88. The maximum atomic E-state index is 3.61. The molecule has 0 amide bonds. The summed E-state index contributed by atoms with van der Waals surface area (Å²) in [6.45, 7) is 6.93. The molecule has 0 aromatic rings. The van der Waals surface area contributed by atoms with Crippen molar-refractivity contribution in [1.82, 2.24) is 10.2 Å². The Morgan fingerprint density at radius 3 is 2.67 bits per heavy atom. The summed E-state index contributed by atoms with van der Waals surface area (Å²) in [6.07, 6.45) is 3.88. The van der Waals surface area contributed by atoms with Gasteiger partial charge in [-0.3, -0.25) is 0 Å². The van der Waals surface area contributed by atoms with Gasteiger partial charge in [0.15, 0.2) is 0 Å². The Morgan fingerprint density at radius 1 is 1.42 bits per heavy atom. The van der Waals surface area contributed by atoms with Crippen LogP contribution in [0.2, 0.25) is 0 Å². The van der Waals surface area contributed by atoms with Crippen molar-refractivity contribution in [3.05, 3.63) is 0 Å². The zero-order chi connectivity index (χ0) is 8.97. The van der Waals surface area contributed by atoms with Crippen molar-refractivity contribution in [2.75, 3.05) is 20.1 Å². The molecule has 0 aliphatic carbocycles. The van der Waals surface area contributed by atoms with Gasteiger partial charge in [0.1, 0.15) is 0 Å². The maximum Gasteiger partial charge on any atom is 0.0215 e. The van der Waals surface area contributed by atoms with Crippen LogP contribution in [0.5, 0.6) is 0 Å². The molecule has 12 heavy (non-hydrogen) atoms. The van der Waals surface area contributed by atoms with Crippen LogP contribution >= 0.6 is 0 Å². The lowest BCUT2D eigenvalue weighted by Crippen LogP contribution is -2.54. The molecular formula is C10H22N2. The maximum absolute atomic E-state index is 3.61. The highest BCUT2D eigenvalue weighted by molar-refractivity contribution is 4.82. The lowest BCUT2D eigenvalue weighted by Gasteiger charge is -2.37. The molecular weight excluding hydrogens is 148 g/mol. The predicted molar refractivity (Wildman–Crippen MR) is 53.4 cm³/mol. The van der Waals surface area contributed by atoms with Crippen LogP contribution in [0.25, 0.3) is 0 Å². The van der Waals surface area contributed by atoms with E-state index >= 15 is 0 Å². The van der Waals surface area contributed by atoms with Crippen molar-refractivity contribution >= 4 is 0 Å². The highest BCUT2D eigenvalue weighted by atomic mass is 15.2. The summed E-state index contributed by atoms with van der Waals surface area (Å²) in [7, 11) is 2.25. The Kier molecular flexibility index (Phi) is 4.02. The van der Waals surface area contributed by atoms with Crippen LogP contribution < -0.4 is 5.32 Å². The highest BCUT2D eigenvalue weighted by Crippen LogP contribution is 2.10. The van der Waals surface area contributed by atoms with Crippen molar-refractivity contribution in [3.63, 3.8) is 0 Å². The van der Waals surface area contributed by atoms with Gasteiger partial charge in [0.25, 0.3) is 0 Å². The molecule has 0 bridgehead atoms. The molecule has 0 saturated carbocycles. The number of hydrogen-bond acceptors (Lipinski definition) is 2. The number of nitrogens with one attached hydrogen (secondary N) is 1. The number of hydrogen-bond donors (Lipinski definition) is 1. The van der Waals surface area contributed by atoms with Crippen molar-refractivity contribution < 1.29 is 0 Å². The van der Waals surface area contributed by atoms with Crippen molar-refractivity contribution in [3.8, 4) is 0 Å². The molecule has 2 atom stereocenters. The van der Waals surface area contributed by atoms with Crippen LogP contribution in [-0.4, -0.2) is 37.1 Å². The van der Waals surface area contributed by atoms with Gasteiger partial charge in [0.2, 0.25) is 0 Å². The summed E-state index contributed by atoms with van der Waals surface area (Å²) in [5, 5.41) is 3.61. The van der Waals surface area contributed by atoms with Crippen LogP contribution in [0.15, 0.2) is 0 Å². The average Bonchev–Trinajstić information content (AvgIpc) is 2.05. The molecule has 0 radical (unpaired) electrons. The van der Waals surface area contributed by atoms with E-state index in [4.69, 9.17) is 0 Å². The molecule has 2 nitrogen and oxygen atoms in total. The molecule has 2 unspecified atom stereocenters. The van der Waals surface area contributed by atoms with Gasteiger partial charge in [-0.15, -0.1) is 0 Å². The van der Waals surface area contributed by atoms with Crippen molar-refractivity contribution in [2.24, 2.45) is 0 Å². The van der Waals surface area contributed by atoms with E-state index in [1.807, 2.05) is 0 Å². The fourth-order valence-electron chi connectivity index (χ4n) is 2.02. The molecule has 1 fully saturated rings. The second-order valence-electron chi connectivity index (χ2n) is 3.90. The van der Waals surface area contributed by atoms with Gasteiger partial charge in [0, 0.05) is 25.2 Å². The van der Waals surface area contributed by atoms with E-state index in [0.29, 0.717) is 0 Å². The molecule has 0 aromatic heterocycles. The van der Waals surface area contributed by atoms with E-state index in [2.05, 4.69) is 31.1 Å². The summed E-state index contributed by atoms with van der Waals surface area (Å²) in [5.41, 5.74) is 0. The highest BCUT2D eigenvalue weighted by Gasteiger charge is 2.22. The average molecular weight is 170 g/mol. The Bertz CT molecular complexity index is 125. The lowest BCUT2D eigenvalue weighted by atomic mass is 10.0. The van der Waals surface area contributed by atoms with E-state index in [1.54, 1.807) is 0 Å². The molecule has 0 spiro atoms. The minimum atomic E-state index is 0.739. The Hall–Kier alpha value is -0.0800. The quantitative estimate of drug-likeness (QED) is 0.690. The smallest absolute Gasteiger partial charge is 0.0215 e. The van der Waals surface area contributed by atoms with Gasteiger partial charge in [-0.05, 0) is 19.9 Å². The first-order valence-electron chi connectivity index (χ1n) is 5.21. The first-order valence-corrected chi connectivity index (χ1v) is 5.21. The van der Waals surface area contributed by atoms with Gasteiger partial charge in [0.05, 0.1) is 0 Å². The van der Waals surface area contributed by atoms with Crippen LogP contribution in [0.4, 0.5) is 0 Å². The van der Waals surface area contributed by atoms with Crippen molar-refractivity contribution in [1.29, 1.82) is 0 Å². The first-order chi connectivity index (χ1) is 5.77. The molecule has 1 aliphatic rings. The molecule has 2 heteroatoms. The molecule has 72 valence electrons. The normalized spacial score (nSPS) is 32.2. The van der Waals surface area contributed by atoms with Gasteiger partial charge < -0.3 is 10.2 Å².